The van der Waals surface area contributed by atoms with Crippen LogP contribution in [0, 0.1) is 0 Å². The van der Waals surface area contributed by atoms with Gasteiger partial charge in [0.2, 0.25) is 0 Å². The van der Waals surface area contributed by atoms with Crippen LogP contribution in [0.15, 0.2) is 41.8 Å². The zero-order valence-corrected chi connectivity index (χ0v) is 11.6. The van der Waals surface area contributed by atoms with Crippen molar-refractivity contribution in [1.82, 2.24) is 19.5 Å². The highest BCUT2D eigenvalue weighted by atomic mass is 32.2. The van der Waals surface area contributed by atoms with E-state index in [2.05, 4.69) is 15.2 Å². The lowest BCUT2D eigenvalue weighted by Crippen LogP contribution is -2.36. The van der Waals surface area contributed by atoms with Crippen molar-refractivity contribution in [3.05, 3.63) is 42.4 Å². The molecule has 2 aromatic rings. The number of sulfonamides is 1. The largest absolute Gasteiger partial charge is 0.266 e. The average molecular weight is 280 g/mol. The lowest BCUT2D eigenvalue weighted by atomic mass is 10.2. The molecule has 0 bridgehead atoms. The summed E-state index contributed by atoms with van der Waals surface area (Å²) in [6.07, 6.45) is 4.75. The number of rotatable bonds is 5. The van der Waals surface area contributed by atoms with Gasteiger partial charge in [-0.1, -0.05) is 6.07 Å². The Kier molecular flexibility index (Phi) is 3.96. The van der Waals surface area contributed by atoms with E-state index < -0.39 is 10.0 Å². The van der Waals surface area contributed by atoms with E-state index in [4.69, 9.17) is 0 Å². The predicted molar refractivity (Wildman–Crippen MR) is 70.7 cm³/mol. The highest BCUT2D eigenvalue weighted by Gasteiger charge is 2.28. The summed E-state index contributed by atoms with van der Waals surface area (Å²) in [5.41, 5.74) is 0.847. The van der Waals surface area contributed by atoms with Gasteiger partial charge in [-0.05, 0) is 31.5 Å². The van der Waals surface area contributed by atoms with Gasteiger partial charge in [-0.25, -0.2) is 8.42 Å². The topological polar surface area (TPSA) is 79.0 Å². The van der Waals surface area contributed by atoms with Crippen LogP contribution >= 0.6 is 0 Å². The van der Waals surface area contributed by atoms with E-state index in [1.54, 1.807) is 18.5 Å². The number of aromatic amines is 1. The fraction of sp³-hybridized carbons (Fsp3) is 0.333. The van der Waals surface area contributed by atoms with Gasteiger partial charge in [0.05, 0.1) is 6.20 Å². The summed E-state index contributed by atoms with van der Waals surface area (Å²) < 4.78 is 26.4. The lowest BCUT2D eigenvalue weighted by Gasteiger charge is -2.24. The van der Waals surface area contributed by atoms with Crippen LogP contribution in [0.3, 0.4) is 0 Å². The fourth-order valence-corrected chi connectivity index (χ4v) is 3.26. The molecule has 0 aliphatic heterocycles. The maximum Gasteiger partial charge on any atom is 0.260 e. The molecule has 102 valence electrons. The van der Waals surface area contributed by atoms with E-state index in [0.29, 0.717) is 0 Å². The molecule has 2 heterocycles. The molecule has 0 radical (unpaired) electrons. The third-order valence-electron chi connectivity index (χ3n) is 2.70. The summed E-state index contributed by atoms with van der Waals surface area (Å²) in [5, 5.41) is 6.30. The lowest BCUT2D eigenvalue weighted by molar-refractivity contribution is 0.346. The van der Waals surface area contributed by atoms with Crippen LogP contribution in [0.25, 0.3) is 0 Å². The van der Waals surface area contributed by atoms with Crippen molar-refractivity contribution in [3.8, 4) is 0 Å². The van der Waals surface area contributed by atoms with Crippen molar-refractivity contribution < 1.29 is 8.42 Å². The van der Waals surface area contributed by atoms with Crippen LogP contribution in [0.4, 0.5) is 0 Å². The van der Waals surface area contributed by atoms with Crippen molar-refractivity contribution >= 4 is 10.0 Å². The smallest absolute Gasteiger partial charge is 0.260 e. The quantitative estimate of drug-likeness (QED) is 0.898. The first-order chi connectivity index (χ1) is 9.01. The molecule has 0 saturated heterocycles. The first-order valence-corrected chi connectivity index (χ1v) is 7.36. The summed E-state index contributed by atoms with van der Waals surface area (Å²) in [4.78, 5) is 4.00. The van der Waals surface area contributed by atoms with Gasteiger partial charge in [0.1, 0.15) is 0 Å². The third-order valence-corrected chi connectivity index (χ3v) is 4.65. The molecule has 0 spiro atoms. The standard InChI is InChI=1S/C12H16N4O2S/c1-10(2)16(9-11-4-3-6-13-8-11)19(17,18)12-5-7-14-15-12/h3-8,10H,9H2,1-2H3,(H,14,15). The zero-order valence-electron chi connectivity index (χ0n) is 10.8. The molecule has 0 aliphatic rings. The molecule has 1 N–H and O–H groups in total. The van der Waals surface area contributed by atoms with Crippen LogP contribution < -0.4 is 0 Å². The van der Waals surface area contributed by atoms with Crippen molar-refractivity contribution in [1.29, 1.82) is 0 Å². The summed E-state index contributed by atoms with van der Waals surface area (Å²) in [6.45, 7) is 3.96. The molecule has 0 saturated carbocycles. The number of hydrogen-bond acceptors (Lipinski definition) is 4. The number of H-pyrrole nitrogens is 1. The first-order valence-electron chi connectivity index (χ1n) is 5.92. The van der Waals surface area contributed by atoms with Gasteiger partial charge >= 0.3 is 0 Å². The molecule has 0 fully saturated rings. The molecule has 0 unspecified atom stereocenters. The van der Waals surface area contributed by atoms with Crippen LogP contribution in [0.2, 0.25) is 0 Å². The molecule has 0 amide bonds. The number of hydrogen-bond donors (Lipinski definition) is 1. The summed E-state index contributed by atoms with van der Waals surface area (Å²) in [6, 6.07) is 4.93. The van der Waals surface area contributed by atoms with E-state index in [0.717, 1.165) is 5.56 Å². The van der Waals surface area contributed by atoms with E-state index in [-0.39, 0.29) is 17.6 Å². The number of nitrogens with one attached hydrogen (secondary N) is 1. The number of aromatic nitrogens is 3. The Morgan fingerprint density at radius 1 is 1.32 bits per heavy atom. The van der Waals surface area contributed by atoms with Gasteiger partial charge in [-0.15, -0.1) is 0 Å². The summed E-state index contributed by atoms with van der Waals surface area (Å²) >= 11 is 0. The Labute approximate surface area is 112 Å². The summed E-state index contributed by atoms with van der Waals surface area (Å²) in [7, 11) is -3.57. The molecular weight excluding hydrogens is 264 g/mol. The maximum atomic E-state index is 12.5. The molecule has 6 nitrogen and oxygen atoms in total. The van der Waals surface area contributed by atoms with Gasteiger partial charge in [0.25, 0.3) is 10.0 Å². The van der Waals surface area contributed by atoms with Gasteiger partial charge in [-0.2, -0.15) is 9.40 Å². The molecule has 2 rings (SSSR count). The van der Waals surface area contributed by atoms with E-state index in [1.807, 2.05) is 19.9 Å². The maximum absolute atomic E-state index is 12.5. The Morgan fingerprint density at radius 2 is 2.11 bits per heavy atom. The minimum absolute atomic E-state index is 0.102. The second kappa shape index (κ2) is 5.50. The number of pyridine rings is 1. The molecule has 7 heteroatoms. The van der Waals surface area contributed by atoms with Gasteiger partial charge in [0, 0.05) is 25.0 Å². The Balaban J connectivity index is 2.31. The van der Waals surface area contributed by atoms with Crippen molar-refractivity contribution in [2.75, 3.05) is 0 Å². The summed E-state index contributed by atoms with van der Waals surface area (Å²) in [5.74, 6) is 0. The Morgan fingerprint density at radius 3 is 2.63 bits per heavy atom. The van der Waals surface area contributed by atoms with Crippen molar-refractivity contribution in [2.24, 2.45) is 0 Å². The molecular formula is C12H16N4O2S. The molecule has 0 aliphatic carbocycles. The zero-order chi connectivity index (χ0) is 13.9. The Bertz CT molecular complexity index is 608. The second-order valence-electron chi connectivity index (χ2n) is 4.43. The van der Waals surface area contributed by atoms with E-state index >= 15 is 0 Å². The predicted octanol–water partition coefficient (Wildman–Crippen LogP) is 1.40. The Hall–Kier alpha value is -1.73. The molecule has 19 heavy (non-hydrogen) atoms. The SMILES string of the molecule is CC(C)N(Cc1cccnc1)S(=O)(=O)c1ccn[nH]1. The third kappa shape index (κ3) is 2.99. The van der Waals surface area contributed by atoms with Crippen LogP contribution in [-0.4, -0.2) is 33.9 Å². The average Bonchev–Trinajstić information content (AvgIpc) is 2.91. The number of nitrogens with zero attached hydrogens (tertiary/aromatic N) is 3. The minimum atomic E-state index is -3.57. The van der Waals surface area contributed by atoms with Crippen molar-refractivity contribution in [3.63, 3.8) is 0 Å². The molecule has 0 atom stereocenters. The highest BCUT2D eigenvalue weighted by molar-refractivity contribution is 7.89. The fourth-order valence-electron chi connectivity index (χ4n) is 1.73. The minimum Gasteiger partial charge on any atom is -0.266 e. The van der Waals surface area contributed by atoms with E-state index in [1.165, 1.54) is 16.6 Å². The van der Waals surface area contributed by atoms with Crippen LogP contribution in [0.1, 0.15) is 19.4 Å². The highest BCUT2D eigenvalue weighted by Crippen LogP contribution is 2.18. The normalized spacial score (nSPS) is 12.2. The molecule has 2 aromatic heterocycles. The van der Waals surface area contributed by atoms with Crippen LogP contribution in [0.5, 0.6) is 0 Å². The van der Waals surface area contributed by atoms with Crippen LogP contribution in [-0.2, 0) is 16.6 Å². The molecule has 0 aromatic carbocycles. The monoisotopic (exact) mass is 280 g/mol. The van der Waals surface area contributed by atoms with Crippen molar-refractivity contribution in [2.45, 2.75) is 31.5 Å². The first kappa shape index (κ1) is 13.7. The van der Waals surface area contributed by atoms with Gasteiger partial charge < -0.3 is 0 Å². The second-order valence-corrected chi connectivity index (χ2v) is 6.29. The van der Waals surface area contributed by atoms with E-state index in [9.17, 15) is 8.42 Å². The van der Waals surface area contributed by atoms with Gasteiger partial charge in [-0.3, -0.25) is 10.1 Å². The van der Waals surface area contributed by atoms with Gasteiger partial charge in [0.15, 0.2) is 5.03 Å².